The predicted octanol–water partition coefficient (Wildman–Crippen LogP) is 3.20. The summed E-state index contributed by atoms with van der Waals surface area (Å²) in [5.74, 6) is -0.701. The number of hydrazine groups is 2. The van der Waals surface area contributed by atoms with Crippen molar-refractivity contribution in [2.45, 2.75) is 27.7 Å². The lowest BCUT2D eigenvalue weighted by Crippen LogP contribution is -2.51. The second kappa shape index (κ2) is 14.3. The molecule has 3 N–H and O–H groups in total. The van der Waals surface area contributed by atoms with E-state index < -0.39 is 17.7 Å². The van der Waals surface area contributed by atoms with Crippen LogP contribution in [0.4, 0.5) is 0 Å². The molecule has 0 aliphatic carbocycles. The van der Waals surface area contributed by atoms with E-state index in [1.165, 1.54) is 30.1 Å². The topological polar surface area (TPSA) is 113 Å². The number of hydrogen-bond acceptors (Lipinski definition) is 8. The van der Waals surface area contributed by atoms with Gasteiger partial charge in [-0.05, 0) is 64.1 Å². The van der Waals surface area contributed by atoms with Crippen LogP contribution in [-0.4, -0.2) is 70.8 Å². The van der Waals surface area contributed by atoms with Crippen molar-refractivity contribution in [1.29, 1.82) is 0 Å². The Morgan fingerprint density at radius 1 is 0.816 bits per heavy atom. The number of nitrogens with zero attached hydrogens (tertiary/aromatic N) is 2. The highest BCUT2D eigenvalue weighted by Gasteiger charge is 2.26. The van der Waals surface area contributed by atoms with Crippen LogP contribution in [0.3, 0.4) is 0 Å². The number of phenols is 1. The number of rotatable bonds is 10. The first-order chi connectivity index (χ1) is 18.0. The normalized spacial score (nSPS) is 11.1. The number of carbonyl (C=O) groups excluding carboxylic acids is 2. The number of aromatic hydroxyl groups is 1. The zero-order chi connectivity index (χ0) is 28.4. The summed E-state index contributed by atoms with van der Waals surface area (Å²) in [7, 11) is 3.09. The van der Waals surface area contributed by atoms with Gasteiger partial charge >= 0.3 is 0 Å². The molecule has 2 aromatic rings. The second-order valence-corrected chi connectivity index (χ2v) is 8.81. The summed E-state index contributed by atoms with van der Waals surface area (Å²) < 4.78 is 16.7. The second-order valence-electron chi connectivity index (χ2n) is 8.04. The number of amides is 2. The fourth-order valence-electron chi connectivity index (χ4n) is 3.26. The van der Waals surface area contributed by atoms with Crippen LogP contribution in [0.5, 0.6) is 23.0 Å². The van der Waals surface area contributed by atoms with Gasteiger partial charge in [-0.1, -0.05) is 24.4 Å². The molecule has 0 radical (unpaired) electrons. The van der Waals surface area contributed by atoms with Crippen LogP contribution >= 0.6 is 24.4 Å². The molecular weight excluding hydrogens is 528 g/mol. The van der Waals surface area contributed by atoms with Gasteiger partial charge in [0.1, 0.15) is 38.9 Å². The molecule has 38 heavy (non-hydrogen) atoms. The van der Waals surface area contributed by atoms with E-state index in [1.807, 2.05) is 20.8 Å². The number of carbonyl (C=O) groups is 2. The van der Waals surface area contributed by atoms with E-state index in [4.69, 9.17) is 38.6 Å². The molecule has 12 heteroatoms. The molecule has 0 aromatic heterocycles. The maximum absolute atomic E-state index is 12.9. The molecule has 0 aliphatic rings. The average molecular weight is 563 g/mol. The molecule has 1 unspecified atom stereocenters. The Bertz CT molecular complexity index is 1180. The summed E-state index contributed by atoms with van der Waals surface area (Å²) in [5.41, 5.74) is 6.07. The standard InChI is InChI=1S/C26H34N4O6S2/c1-7-34-17-10-12-21(31)19(14-17)25(37)29(5)27-23(32)16(4)24(33)28-30(6)26(38)20-15-18(35-8-2)11-13-22(20)36-9-3/h10-16,31H,7-9H2,1-6H3,(H,27,32)(H,28,33). The number of nitrogens with one attached hydrogen (secondary N) is 2. The van der Waals surface area contributed by atoms with Crippen LogP contribution in [0.1, 0.15) is 38.8 Å². The number of thiocarbonyl (C=S) groups is 2. The minimum absolute atomic E-state index is 0.0692. The summed E-state index contributed by atoms with van der Waals surface area (Å²) >= 11 is 11.0. The quantitative estimate of drug-likeness (QED) is 0.227. The van der Waals surface area contributed by atoms with Gasteiger partial charge in [-0.25, -0.2) is 0 Å². The van der Waals surface area contributed by atoms with E-state index in [-0.39, 0.29) is 15.7 Å². The average Bonchev–Trinajstić information content (AvgIpc) is 2.89. The van der Waals surface area contributed by atoms with Crippen molar-refractivity contribution in [3.8, 4) is 23.0 Å². The molecule has 206 valence electrons. The molecule has 0 bridgehead atoms. The molecule has 0 heterocycles. The summed E-state index contributed by atoms with van der Waals surface area (Å²) in [6.07, 6.45) is 0. The van der Waals surface area contributed by atoms with Crippen LogP contribution in [0.15, 0.2) is 36.4 Å². The van der Waals surface area contributed by atoms with Gasteiger partial charge in [0.25, 0.3) is 11.8 Å². The van der Waals surface area contributed by atoms with Gasteiger partial charge in [0.05, 0.1) is 30.9 Å². The highest BCUT2D eigenvalue weighted by atomic mass is 32.1. The lowest BCUT2D eigenvalue weighted by Gasteiger charge is -2.26. The third-order valence-electron chi connectivity index (χ3n) is 5.25. The Kier molecular flexibility index (Phi) is 11.5. The smallest absolute Gasteiger partial charge is 0.250 e. The molecule has 0 saturated heterocycles. The molecule has 2 aromatic carbocycles. The molecule has 0 fully saturated rings. The monoisotopic (exact) mass is 562 g/mol. The highest BCUT2D eigenvalue weighted by Crippen LogP contribution is 2.26. The summed E-state index contributed by atoms with van der Waals surface area (Å²) in [6.45, 7) is 8.37. The van der Waals surface area contributed by atoms with Crippen molar-refractivity contribution >= 4 is 46.2 Å². The zero-order valence-corrected chi connectivity index (χ0v) is 24.0. The lowest BCUT2D eigenvalue weighted by atomic mass is 10.1. The Morgan fingerprint density at radius 3 is 1.76 bits per heavy atom. The number of benzene rings is 2. The van der Waals surface area contributed by atoms with Crippen molar-refractivity contribution in [3.63, 3.8) is 0 Å². The van der Waals surface area contributed by atoms with Crippen molar-refractivity contribution in [3.05, 3.63) is 47.5 Å². The molecule has 0 saturated carbocycles. The van der Waals surface area contributed by atoms with Crippen LogP contribution in [0.25, 0.3) is 0 Å². The Morgan fingerprint density at radius 2 is 1.26 bits per heavy atom. The fraction of sp³-hybridized carbons (Fsp3) is 0.385. The van der Waals surface area contributed by atoms with E-state index in [9.17, 15) is 14.7 Å². The Hall–Kier alpha value is -3.64. The third-order valence-corrected chi connectivity index (χ3v) is 6.24. The SMILES string of the molecule is CCOc1ccc(O)c(C(=S)N(C)NC(=O)C(C)C(=O)NN(C)C(=S)c2cc(OCC)ccc2OCC)c1. The van der Waals surface area contributed by atoms with E-state index >= 15 is 0 Å². The predicted molar refractivity (Wildman–Crippen MR) is 152 cm³/mol. The maximum atomic E-state index is 12.9. The number of hydrogen-bond donors (Lipinski definition) is 3. The van der Waals surface area contributed by atoms with Gasteiger partial charge < -0.3 is 19.3 Å². The van der Waals surface area contributed by atoms with E-state index in [0.29, 0.717) is 48.2 Å². The van der Waals surface area contributed by atoms with Gasteiger partial charge in [-0.15, -0.1) is 0 Å². The fourth-order valence-corrected chi connectivity index (χ4v) is 3.68. The van der Waals surface area contributed by atoms with Crippen molar-refractivity contribution in [1.82, 2.24) is 20.9 Å². The van der Waals surface area contributed by atoms with Crippen LogP contribution in [-0.2, 0) is 9.59 Å². The third kappa shape index (κ3) is 7.93. The Labute approximate surface area is 233 Å². The minimum atomic E-state index is -1.10. The number of ether oxygens (including phenoxy) is 3. The summed E-state index contributed by atoms with van der Waals surface area (Å²) in [4.78, 5) is 26.1. The summed E-state index contributed by atoms with van der Waals surface area (Å²) in [6, 6.07) is 9.91. The van der Waals surface area contributed by atoms with Gasteiger partial charge in [0.2, 0.25) is 0 Å². The molecule has 0 aliphatic heterocycles. The maximum Gasteiger partial charge on any atom is 0.250 e. The molecule has 1 atom stereocenters. The lowest BCUT2D eigenvalue weighted by molar-refractivity contribution is -0.137. The molecule has 0 spiro atoms. The van der Waals surface area contributed by atoms with Gasteiger partial charge in [-0.3, -0.25) is 30.5 Å². The number of phenolic OH excluding ortho intramolecular Hbond substituents is 1. The van der Waals surface area contributed by atoms with Crippen LogP contribution in [0, 0.1) is 5.92 Å². The zero-order valence-electron chi connectivity index (χ0n) is 22.4. The first-order valence-corrected chi connectivity index (χ1v) is 12.9. The largest absolute Gasteiger partial charge is 0.507 e. The molecule has 10 nitrogen and oxygen atoms in total. The molecular formula is C26H34N4O6S2. The first-order valence-electron chi connectivity index (χ1n) is 12.1. The molecule has 2 amide bonds. The highest BCUT2D eigenvalue weighted by molar-refractivity contribution is 7.81. The van der Waals surface area contributed by atoms with Gasteiger partial charge in [0.15, 0.2) is 0 Å². The Balaban J connectivity index is 2.07. The van der Waals surface area contributed by atoms with E-state index in [1.54, 1.807) is 37.4 Å². The molecule has 2 rings (SSSR count). The van der Waals surface area contributed by atoms with E-state index in [0.717, 1.165) is 0 Å². The summed E-state index contributed by atoms with van der Waals surface area (Å²) in [5, 5.41) is 12.8. The van der Waals surface area contributed by atoms with Gasteiger partial charge in [-0.2, -0.15) is 0 Å². The van der Waals surface area contributed by atoms with E-state index in [2.05, 4.69) is 10.9 Å². The first kappa shape index (κ1) is 30.6. The van der Waals surface area contributed by atoms with Crippen molar-refractivity contribution in [2.75, 3.05) is 33.9 Å². The van der Waals surface area contributed by atoms with Crippen molar-refractivity contribution in [2.24, 2.45) is 5.92 Å². The van der Waals surface area contributed by atoms with Gasteiger partial charge in [0, 0.05) is 14.1 Å². The van der Waals surface area contributed by atoms with Crippen LogP contribution in [0.2, 0.25) is 0 Å². The van der Waals surface area contributed by atoms with Crippen molar-refractivity contribution < 1.29 is 28.9 Å². The van der Waals surface area contributed by atoms with Crippen LogP contribution < -0.4 is 25.1 Å². The minimum Gasteiger partial charge on any atom is -0.507 e.